The van der Waals surface area contributed by atoms with Crippen molar-refractivity contribution in [3.63, 3.8) is 0 Å². The molecule has 0 amide bonds. The third-order valence-corrected chi connectivity index (χ3v) is 4.33. The third-order valence-electron chi connectivity index (χ3n) is 2.85. The smallest absolute Gasteiger partial charge is 0.241 e. The van der Waals surface area contributed by atoms with E-state index in [2.05, 4.69) is 14.7 Å². The summed E-state index contributed by atoms with van der Waals surface area (Å²) in [5.41, 5.74) is 7.43. The molecule has 3 N–H and O–H groups in total. The minimum atomic E-state index is -3.61. The molecule has 7 heteroatoms. The molecule has 0 atom stereocenters. The highest BCUT2D eigenvalue weighted by Gasteiger charge is 2.18. The first-order valence-electron chi connectivity index (χ1n) is 6.16. The Morgan fingerprint density at radius 1 is 1.30 bits per heavy atom. The number of nitrogens with two attached hydrogens (primary N) is 1. The summed E-state index contributed by atoms with van der Waals surface area (Å²) in [5.74, 6) is 0. The number of anilines is 1. The quantitative estimate of drug-likeness (QED) is 0.804. The monoisotopic (exact) mass is 292 g/mol. The first-order valence-corrected chi connectivity index (χ1v) is 7.64. The van der Waals surface area contributed by atoms with Gasteiger partial charge in [0, 0.05) is 11.9 Å². The highest BCUT2D eigenvalue weighted by atomic mass is 32.2. The average Bonchev–Trinajstić information content (AvgIpc) is 2.46. The van der Waals surface area contributed by atoms with E-state index in [1.54, 1.807) is 24.4 Å². The fourth-order valence-corrected chi connectivity index (χ4v) is 3.12. The van der Waals surface area contributed by atoms with Crippen molar-refractivity contribution in [2.45, 2.75) is 24.8 Å². The number of nitrogens with zero attached hydrogens (tertiary/aromatic N) is 2. The van der Waals surface area contributed by atoms with E-state index in [0.717, 1.165) is 5.56 Å². The molecule has 0 aliphatic heterocycles. The second-order valence-electron chi connectivity index (χ2n) is 4.25. The Bertz CT molecular complexity index is 687. The van der Waals surface area contributed by atoms with E-state index in [-0.39, 0.29) is 11.4 Å². The minimum Gasteiger partial charge on any atom is -0.399 e. The van der Waals surface area contributed by atoms with Crippen molar-refractivity contribution >= 4 is 15.7 Å². The van der Waals surface area contributed by atoms with Crippen molar-refractivity contribution in [1.29, 1.82) is 0 Å². The molecule has 0 aliphatic carbocycles. The van der Waals surface area contributed by atoms with Crippen LogP contribution in [0.4, 0.5) is 5.69 Å². The molecule has 0 saturated carbocycles. The topological polar surface area (TPSA) is 98.0 Å². The molecule has 0 unspecified atom stereocenters. The van der Waals surface area contributed by atoms with Crippen LogP contribution in [0.1, 0.15) is 18.2 Å². The zero-order valence-corrected chi connectivity index (χ0v) is 11.9. The van der Waals surface area contributed by atoms with Crippen LogP contribution in [0.3, 0.4) is 0 Å². The van der Waals surface area contributed by atoms with Gasteiger partial charge in [0.2, 0.25) is 10.0 Å². The Hall–Kier alpha value is -1.99. The van der Waals surface area contributed by atoms with Gasteiger partial charge in [0.15, 0.2) is 0 Å². The second kappa shape index (κ2) is 5.98. The van der Waals surface area contributed by atoms with Gasteiger partial charge >= 0.3 is 0 Å². The van der Waals surface area contributed by atoms with Gasteiger partial charge in [-0.2, -0.15) is 0 Å². The van der Waals surface area contributed by atoms with Gasteiger partial charge in [-0.1, -0.05) is 13.0 Å². The Kier molecular flexibility index (Phi) is 4.31. The Balaban J connectivity index is 2.24. The number of rotatable bonds is 5. The minimum absolute atomic E-state index is 0.114. The molecule has 20 heavy (non-hydrogen) atoms. The molecule has 0 spiro atoms. The predicted octanol–water partition coefficient (Wildman–Crippen LogP) is 1.10. The van der Waals surface area contributed by atoms with Gasteiger partial charge in [-0.3, -0.25) is 0 Å². The molecule has 0 aliphatic rings. The molecule has 1 aromatic heterocycles. The fraction of sp³-hybridized carbons (Fsp3) is 0.231. The van der Waals surface area contributed by atoms with E-state index in [9.17, 15) is 8.42 Å². The molecule has 106 valence electrons. The zero-order valence-electron chi connectivity index (χ0n) is 11.1. The molecule has 2 aromatic rings. The summed E-state index contributed by atoms with van der Waals surface area (Å²) in [6, 6.07) is 6.56. The van der Waals surface area contributed by atoms with Crippen LogP contribution in [0.2, 0.25) is 0 Å². The van der Waals surface area contributed by atoms with Crippen molar-refractivity contribution in [3.8, 4) is 0 Å². The molecule has 0 saturated heterocycles. The van der Waals surface area contributed by atoms with E-state index in [1.807, 2.05) is 6.92 Å². The molecular formula is C13H16N4O2S. The van der Waals surface area contributed by atoms with Crippen LogP contribution in [0.5, 0.6) is 0 Å². The van der Waals surface area contributed by atoms with E-state index in [0.29, 0.717) is 17.8 Å². The Morgan fingerprint density at radius 3 is 2.75 bits per heavy atom. The highest BCUT2D eigenvalue weighted by molar-refractivity contribution is 7.89. The summed E-state index contributed by atoms with van der Waals surface area (Å²) in [4.78, 5) is 7.97. The maximum atomic E-state index is 12.3. The van der Waals surface area contributed by atoms with E-state index >= 15 is 0 Å². The molecule has 0 bridgehead atoms. The molecule has 1 heterocycles. The SMILES string of the molecule is CCc1ccc(N)cc1S(=O)(=O)NCc1ccncn1. The number of hydrogen-bond donors (Lipinski definition) is 2. The lowest BCUT2D eigenvalue weighted by atomic mass is 10.1. The molecule has 2 rings (SSSR count). The summed E-state index contributed by atoms with van der Waals surface area (Å²) in [6.07, 6.45) is 3.56. The van der Waals surface area contributed by atoms with Crippen molar-refractivity contribution in [3.05, 3.63) is 48.0 Å². The molecule has 1 aromatic carbocycles. The number of hydrogen-bond acceptors (Lipinski definition) is 5. The van der Waals surface area contributed by atoms with Gasteiger partial charge in [0.1, 0.15) is 6.33 Å². The predicted molar refractivity (Wildman–Crippen MR) is 76.3 cm³/mol. The second-order valence-corrected chi connectivity index (χ2v) is 5.98. The summed E-state index contributed by atoms with van der Waals surface area (Å²) in [6.45, 7) is 2.01. The molecular weight excluding hydrogens is 276 g/mol. The van der Waals surface area contributed by atoms with Gasteiger partial charge in [0.05, 0.1) is 17.1 Å². The van der Waals surface area contributed by atoms with Crippen LogP contribution in [0, 0.1) is 0 Å². The first-order chi connectivity index (χ1) is 9.53. The number of sulfonamides is 1. The van der Waals surface area contributed by atoms with Gasteiger partial charge < -0.3 is 5.73 Å². The van der Waals surface area contributed by atoms with Gasteiger partial charge in [-0.25, -0.2) is 23.1 Å². The van der Waals surface area contributed by atoms with Crippen LogP contribution in [-0.4, -0.2) is 18.4 Å². The summed E-state index contributed by atoms with van der Waals surface area (Å²) in [5, 5.41) is 0. The number of benzene rings is 1. The average molecular weight is 292 g/mol. The van der Waals surface area contributed by atoms with Crippen LogP contribution in [-0.2, 0) is 23.0 Å². The summed E-state index contributed by atoms with van der Waals surface area (Å²) < 4.78 is 27.2. The maximum Gasteiger partial charge on any atom is 0.241 e. The van der Waals surface area contributed by atoms with E-state index < -0.39 is 10.0 Å². The fourth-order valence-electron chi connectivity index (χ4n) is 1.78. The van der Waals surface area contributed by atoms with E-state index in [4.69, 9.17) is 5.73 Å². The van der Waals surface area contributed by atoms with Crippen molar-refractivity contribution < 1.29 is 8.42 Å². The van der Waals surface area contributed by atoms with E-state index in [1.165, 1.54) is 12.4 Å². The Morgan fingerprint density at radius 2 is 2.10 bits per heavy atom. The number of aromatic nitrogens is 2. The van der Waals surface area contributed by atoms with Gasteiger partial charge in [-0.15, -0.1) is 0 Å². The van der Waals surface area contributed by atoms with Crippen LogP contribution in [0.25, 0.3) is 0 Å². The lowest BCUT2D eigenvalue weighted by Gasteiger charge is -2.11. The summed E-state index contributed by atoms with van der Waals surface area (Å²) >= 11 is 0. The molecule has 0 fully saturated rings. The standard InChI is InChI=1S/C13H16N4O2S/c1-2-10-3-4-11(14)7-13(10)20(18,19)17-8-12-5-6-15-9-16-12/h3-7,9,17H,2,8,14H2,1H3. The van der Waals surface area contributed by atoms with Crippen LogP contribution >= 0.6 is 0 Å². The normalized spacial score (nSPS) is 11.4. The van der Waals surface area contributed by atoms with Crippen molar-refractivity contribution in [2.75, 3.05) is 5.73 Å². The highest BCUT2D eigenvalue weighted by Crippen LogP contribution is 2.19. The lowest BCUT2D eigenvalue weighted by molar-refractivity contribution is 0.579. The first kappa shape index (κ1) is 14.4. The van der Waals surface area contributed by atoms with Crippen LogP contribution < -0.4 is 10.5 Å². The van der Waals surface area contributed by atoms with Gasteiger partial charge in [0.25, 0.3) is 0 Å². The largest absolute Gasteiger partial charge is 0.399 e. The number of aryl methyl sites for hydroxylation is 1. The maximum absolute atomic E-state index is 12.3. The van der Waals surface area contributed by atoms with Gasteiger partial charge in [-0.05, 0) is 30.2 Å². The Labute approximate surface area is 118 Å². The third kappa shape index (κ3) is 3.31. The number of nitrogen functional groups attached to an aromatic ring is 1. The van der Waals surface area contributed by atoms with Crippen LogP contribution in [0.15, 0.2) is 41.7 Å². The molecule has 6 nitrogen and oxygen atoms in total. The number of nitrogens with one attached hydrogen (secondary N) is 1. The van der Waals surface area contributed by atoms with Crippen molar-refractivity contribution in [2.24, 2.45) is 0 Å². The lowest BCUT2D eigenvalue weighted by Crippen LogP contribution is -2.25. The van der Waals surface area contributed by atoms with Crippen molar-refractivity contribution in [1.82, 2.24) is 14.7 Å². The summed E-state index contributed by atoms with van der Waals surface area (Å²) in [7, 11) is -3.61. The molecule has 0 radical (unpaired) electrons. The zero-order chi connectivity index (χ0) is 14.6.